The van der Waals surface area contributed by atoms with Crippen molar-refractivity contribution in [3.8, 4) is 17.2 Å². The normalized spacial score (nSPS) is 10.7. The molecule has 0 aliphatic rings. The van der Waals surface area contributed by atoms with Gasteiger partial charge in [0.25, 0.3) is 5.91 Å². The van der Waals surface area contributed by atoms with Gasteiger partial charge < -0.3 is 19.2 Å². The quantitative estimate of drug-likeness (QED) is 0.432. The molecule has 0 bridgehead atoms. The molecule has 0 radical (unpaired) electrons. The van der Waals surface area contributed by atoms with E-state index in [1.54, 1.807) is 60.7 Å². The number of anilines is 1. The number of esters is 1. The number of hydrogen-bond acceptors (Lipinski definition) is 6. The summed E-state index contributed by atoms with van der Waals surface area (Å²) in [6.45, 7) is 0. The van der Waals surface area contributed by atoms with E-state index < -0.39 is 5.97 Å². The van der Waals surface area contributed by atoms with Crippen LogP contribution in [0, 0.1) is 0 Å². The average molecular weight is 437 g/mol. The van der Waals surface area contributed by atoms with Crippen molar-refractivity contribution in [2.75, 3.05) is 19.5 Å². The molecule has 0 aliphatic heterocycles. The van der Waals surface area contributed by atoms with E-state index >= 15 is 0 Å². The summed E-state index contributed by atoms with van der Waals surface area (Å²) in [6, 6.07) is 16.8. The number of hydrogen-bond donors (Lipinski definition) is 1. The van der Waals surface area contributed by atoms with Crippen molar-refractivity contribution in [1.29, 1.82) is 0 Å². The third-order valence-corrected chi connectivity index (χ3v) is 4.86. The van der Waals surface area contributed by atoms with Crippen molar-refractivity contribution >= 4 is 40.3 Å². The maximum Gasteiger partial charge on any atom is 0.340 e. The summed E-state index contributed by atoms with van der Waals surface area (Å²) >= 11 is 6.01. The highest BCUT2D eigenvalue weighted by atomic mass is 35.5. The smallest absolute Gasteiger partial charge is 0.340 e. The zero-order chi connectivity index (χ0) is 22.0. The van der Waals surface area contributed by atoms with E-state index in [9.17, 15) is 9.59 Å². The predicted molar refractivity (Wildman–Crippen MR) is 117 cm³/mol. The van der Waals surface area contributed by atoms with Gasteiger partial charge in [0.15, 0.2) is 5.58 Å². The first-order chi connectivity index (χ1) is 15.0. The van der Waals surface area contributed by atoms with Gasteiger partial charge in [0.1, 0.15) is 11.3 Å². The number of carbonyl (C=O) groups excluding carboxylic acids is 2. The fourth-order valence-corrected chi connectivity index (χ4v) is 3.35. The molecule has 0 saturated carbocycles. The molecule has 0 spiro atoms. The van der Waals surface area contributed by atoms with Gasteiger partial charge in [0.2, 0.25) is 5.89 Å². The van der Waals surface area contributed by atoms with E-state index in [1.807, 2.05) is 0 Å². The molecule has 0 unspecified atom stereocenters. The Bertz CT molecular complexity index is 1300. The first-order valence-electron chi connectivity index (χ1n) is 9.24. The maximum absolute atomic E-state index is 12.8. The van der Waals surface area contributed by atoms with Crippen LogP contribution in [0.15, 0.2) is 65.1 Å². The summed E-state index contributed by atoms with van der Waals surface area (Å²) in [4.78, 5) is 29.4. The third kappa shape index (κ3) is 3.95. The number of aromatic nitrogens is 1. The predicted octanol–water partition coefficient (Wildman–Crippen LogP) is 5.20. The number of ether oxygens (including phenoxy) is 2. The highest BCUT2D eigenvalue weighted by Gasteiger charge is 2.21. The van der Waals surface area contributed by atoms with Gasteiger partial charge in [-0.15, -0.1) is 0 Å². The number of oxazole rings is 1. The summed E-state index contributed by atoms with van der Waals surface area (Å²) in [5.41, 5.74) is 2.30. The minimum absolute atomic E-state index is 0.214. The molecular formula is C23H17ClN2O5. The van der Waals surface area contributed by atoms with E-state index in [4.69, 9.17) is 25.5 Å². The monoisotopic (exact) mass is 436 g/mol. The Morgan fingerprint density at radius 1 is 1.03 bits per heavy atom. The number of benzene rings is 3. The standard InChI is InChI=1S/C23H17ClN2O5/c1-29-17-10-4-8-15(19(17)25-21(27)13-6-3-7-14(24)12-13)22-26-20-16(23(28)30-2)9-5-11-18(20)31-22/h3-12H,1-2H3,(H,25,27). The van der Waals surface area contributed by atoms with Crippen molar-refractivity contribution in [2.24, 2.45) is 0 Å². The Hall–Kier alpha value is -3.84. The van der Waals surface area contributed by atoms with E-state index in [-0.39, 0.29) is 17.4 Å². The highest BCUT2D eigenvalue weighted by Crippen LogP contribution is 2.37. The molecule has 7 nitrogen and oxygen atoms in total. The summed E-state index contributed by atoms with van der Waals surface area (Å²) < 4.78 is 16.1. The number of halogens is 1. The van der Waals surface area contributed by atoms with E-state index in [1.165, 1.54) is 14.2 Å². The first kappa shape index (κ1) is 20.4. The van der Waals surface area contributed by atoms with Crippen molar-refractivity contribution in [1.82, 2.24) is 4.98 Å². The van der Waals surface area contributed by atoms with Crippen LogP contribution in [-0.2, 0) is 4.74 Å². The Morgan fingerprint density at radius 3 is 2.55 bits per heavy atom. The number of rotatable bonds is 5. The van der Waals surface area contributed by atoms with E-state index in [0.29, 0.717) is 38.7 Å². The van der Waals surface area contributed by atoms with Crippen molar-refractivity contribution in [2.45, 2.75) is 0 Å². The first-order valence-corrected chi connectivity index (χ1v) is 9.61. The SMILES string of the molecule is COC(=O)c1cccc2oc(-c3cccc(OC)c3NC(=O)c3cccc(Cl)c3)nc12. The fraction of sp³-hybridized carbons (Fsp3) is 0.0870. The molecule has 4 rings (SSSR count). The van der Waals surface area contributed by atoms with Gasteiger partial charge in [-0.05, 0) is 42.5 Å². The number of amides is 1. The zero-order valence-corrected chi connectivity index (χ0v) is 17.4. The lowest BCUT2D eigenvalue weighted by Gasteiger charge is -2.13. The molecule has 3 aromatic carbocycles. The Balaban J connectivity index is 1.81. The molecule has 1 N–H and O–H groups in total. The minimum atomic E-state index is -0.523. The summed E-state index contributed by atoms with van der Waals surface area (Å²) in [5, 5.41) is 3.30. The van der Waals surface area contributed by atoms with E-state index in [0.717, 1.165) is 0 Å². The number of methoxy groups -OCH3 is 2. The molecule has 4 aromatic rings. The van der Waals surface area contributed by atoms with Gasteiger partial charge in [-0.1, -0.05) is 29.8 Å². The molecule has 1 amide bonds. The Labute approximate surface area is 182 Å². The second-order valence-corrected chi connectivity index (χ2v) is 6.95. The van der Waals surface area contributed by atoms with Crippen LogP contribution in [0.1, 0.15) is 20.7 Å². The van der Waals surface area contributed by atoms with Crippen LogP contribution < -0.4 is 10.1 Å². The van der Waals surface area contributed by atoms with Gasteiger partial charge in [0, 0.05) is 10.6 Å². The molecular weight excluding hydrogens is 420 g/mol. The lowest BCUT2D eigenvalue weighted by Crippen LogP contribution is -2.13. The largest absolute Gasteiger partial charge is 0.495 e. The lowest BCUT2D eigenvalue weighted by molar-refractivity contribution is 0.0602. The van der Waals surface area contributed by atoms with Crippen LogP contribution >= 0.6 is 11.6 Å². The molecule has 156 valence electrons. The van der Waals surface area contributed by atoms with Crippen LogP contribution in [0.3, 0.4) is 0 Å². The van der Waals surface area contributed by atoms with Crippen LogP contribution in [-0.4, -0.2) is 31.1 Å². The summed E-state index contributed by atoms with van der Waals surface area (Å²) in [7, 11) is 2.79. The molecule has 0 aliphatic carbocycles. The number of nitrogens with zero attached hydrogens (tertiary/aromatic N) is 1. The molecule has 0 saturated heterocycles. The van der Waals surface area contributed by atoms with Gasteiger partial charge >= 0.3 is 5.97 Å². The fourth-order valence-electron chi connectivity index (χ4n) is 3.16. The van der Waals surface area contributed by atoms with Crippen molar-refractivity contribution in [3.05, 3.63) is 76.8 Å². The second-order valence-electron chi connectivity index (χ2n) is 6.51. The number of carbonyl (C=O) groups is 2. The van der Waals surface area contributed by atoms with Crippen molar-refractivity contribution < 1.29 is 23.5 Å². The molecule has 31 heavy (non-hydrogen) atoms. The zero-order valence-electron chi connectivity index (χ0n) is 16.6. The molecule has 1 heterocycles. The molecule has 8 heteroatoms. The molecule has 0 fully saturated rings. The highest BCUT2D eigenvalue weighted by molar-refractivity contribution is 6.31. The topological polar surface area (TPSA) is 90.7 Å². The summed E-state index contributed by atoms with van der Waals surface area (Å²) in [5.74, 6) is -0.264. The second kappa shape index (κ2) is 8.49. The van der Waals surface area contributed by atoms with E-state index in [2.05, 4.69) is 10.3 Å². The number of fused-ring (bicyclic) bond motifs is 1. The van der Waals surface area contributed by atoms with Gasteiger partial charge in [-0.2, -0.15) is 0 Å². The van der Waals surface area contributed by atoms with Crippen LogP contribution in [0.5, 0.6) is 5.75 Å². The minimum Gasteiger partial charge on any atom is -0.495 e. The molecule has 1 aromatic heterocycles. The van der Waals surface area contributed by atoms with Crippen molar-refractivity contribution in [3.63, 3.8) is 0 Å². The molecule has 0 atom stereocenters. The number of para-hydroxylation sites is 2. The average Bonchev–Trinajstić information content (AvgIpc) is 3.22. The van der Waals surface area contributed by atoms with Crippen LogP contribution in [0.4, 0.5) is 5.69 Å². The Kier molecular flexibility index (Phi) is 5.60. The summed E-state index contributed by atoms with van der Waals surface area (Å²) in [6.07, 6.45) is 0. The van der Waals surface area contributed by atoms with Gasteiger partial charge in [0.05, 0.1) is 31.0 Å². The van der Waals surface area contributed by atoms with Crippen LogP contribution in [0.2, 0.25) is 5.02 Å². The Morgan fingerprint density at radius 2 is 1.81 bits per heavy atom. The lowest BCUT2D eigenvalue weighted by atomic mass is 10.1. The van der Waals surface area contributed by atoms with Gasteiger partial charge in [-0.25, -0.2) is 9.78 Å². The maximum atomic E-state index is 12.8. The van der Waals surface area contributed by atoms with Gasteiger partial charge in [-0.3, -0.25) is 4.79 Å². The number of nitrogens with one attached hydrogen (secondary N) is 1. The third-order valence-electron chi connectivity index (χ3n) is 4.63. The van der Waals surface area contributed by atoms with Crippen LogP contribution in [0.25, 0.3) is 22.6 Å².